The summed E-state index contributed by atoms with van der Waals surface area (Å²) < 4.78 is 0. The van der Waals surface area contributed by atoms with Crippen LogP contribution in [0.15, 0.2) is 17.3 Å². The van der Waals surface area contributed by atoms with E-state index < -0.39 is 0 Å². The molecule has 5 heavy (non-hydrogen) atoms. The van der Waals surface area contributed by atoms with Crippen LogP contribution in [0.4, 0.5) is 0 Å². The number of hydrogen-bond acceptors (Lipinski definition) is 1. The van der Waals surface area contributed by atoms with Crippen molar-refractivity contribution in [3.63, 3.8) is 0 Å². The first-order valence-corrected chi connectivity index (χ1v) is 1.18. The second kappa shape index (κ2) is 2.10. The third-order valence-corrected chi connectivity index (χ3v) is 0.344. The van der Waals surface area contributed by atoms with Gasteiger partial charge in [-0.3, -0.25) is 4.99 Å². The number of hydrogen-bond donors (Lipinski definition) is 0. The third-order valence-electron chi connectivity index (χ3n) is 0.344. The Kier molecular flexibility index (Phi) is 2.03. The highest BCUT2D eigenvalue weighted by molar-refractivity contribution is 6.92. The van der Waals surface area contributed by atoms with Gasteiger partial charge >= 0.3 is 0 Å². The summed E-state index contributed by atoms with van der Waals surface area (Å²) in [4.78, 5) is 3.61. The molecule has 0 aromatic heterocycles. The van der Waals surface area contributed by atoms with E-state index in [2.05, 4.69) is 4.99 Å². The molecule has 0 aliphatic carbocycles. The molecule has 0 bridgehead atoms. The van der Waals surface area contributed by atoms with Gasteiger partial charge in [-0.25, -0.2) is 0 Å². The maximum atomic E-state index is 3.61. The smallest absolute Gasteiger partial charge is 0.0283 e. The standard InChI is InChI=1S/C3H3N.H3P/c1-2-4-3-1;/h1-3H;1H3. The van der Waals surface area contributed by atoms with Crippen molar-refractivity contribution in [2.24, 2.45) is 4.99 Å². The van der Waals surface area contributed by atoms with Gasteiger partial charge in [0.15, 0.2) is 0 Å². The Balaban J connectivity index is 0.000000160. The Bertz CT molecular complexity index is 47.3. The third kappa shape index (κ3) is 0.882. The highest BCUT2D eigenvalue weighted by atomic mass is 31.0. The summed E-state index contributed by atoms with van der Waals surface area (Å²) in [5, 5.41) is 0. The molecule has 0 fully saturated rings. The minimum absolute atomic E-state index is 0. The van der Waals surface area contributed by atoms with Crippen LogP contribution in [-0.2, 0) is 0 Å². The van der Waals surface area contributed by atoms with Crippen molar-refractivity contribution < 1.29 is 0 Å². The van der Waals surface area contributed by atoms with Crippen molar-refractivity contribution in [3.05, 3.63) is 12.3 Å². The van der Waals surface area contributed by atoms with Crippen LogP contribution < -0.4 is 0 Å². The Labute approximate surface area is 34.4 Å². The first-order chi connectivity index (χ1) is 2.00. The highest BCUT2D eigenvalue weighted by Crippen LogP contribution is 1.78. The van der Waals surface area contributed by atoms with Gasteiger partial charge in [-0.1, -0.05) is 0 Å². The molecule has 0 spiro atoms. The predicted octanol–water partition coefficient (Wildman–Crippen LogP) is 0.643. The molecule has 0 saturated heterocycles. The van der Waals surface area contributed by atoms with Gasteiger partial charge in [0.2, 0.25) is 0 Å². The van der Waals surface area contributed by atoms with E-state index in [0.29, 0.717) is 0 Å². The zero-order valence-corrected chi connectivity index (χ0v) is 4.30. The monoisotopic (exact) mass is 87.0 g/mol. The summed E-state index contributed by atoms with van der Waals surface area (Å²) in [7, 11) is 0. The summed E-state index contributed by atoms with van der Waals surface area (Å²) in [6.07, 6.45) is 5.39. The molecule has 0 aromatic rings. The number of nitrogens with zero attached hydrogens (tertiary/aromatic N) is 1. The fraction of sp³-hybridized carbons (Fsp3) is 0. The fourth-order valence-electron chi connectivity index (χ4n) is 0.0861. The van der Waals surface area contributed by atoms with Crippen molar-refractivity contribution >= 4 is 16.1 Å². The average Bonchev–Trinajstić information content (AvgIpc) is 0.722. The van der Waals surface area contributed by atoms with E-state index >= 15 is 0 Å². The van der Waals surface area contributed by atoms with E-state index in [4.69, 9.17) is 0 Å². The van der Waals surface area contributed by atoms with Gasteiger partial charge in [0.1, 0.15) is 0 Å². The van der Waals surface area contributed by atoms with Crippen LogP contribution in [0.1, 0.15) is 0 Å². The minimum Gasteiger partial charge on any atom is -0.265 e. The lowest BCUT2D eigenvalue weighted by Gasteiger charge is -1.77. The van der Waals surface area contributed by atoms with Crippen molar-refractivity contribution in [2.75, 3.05) is 0 Å². The van der Waals surface area contributed by atoms with Crippen molar-refractivity contribution in [3.8, 4) is 0 Å². The first-order valence-electron chi connectivity index (χ1n) is 1.18. The molecule has 1 rings (SSSR count). The molecule has 1 heterocycles. The molecule has 0 amide bonds. The molecule has 1 nitrogen and oxygen atoms in total. The molecule has 1 unspecified atom stereocenters. The second-order valence-corrected chi connectivity index (χ2v) is 0.640. The quantitative estimate of drug-likeness (QED) is 0.384. The Morgan fingerprint density at radius 1 is 1.40 bits per heavy atom. The van der Waals surface area contributed by atoms with Crippen LogP contribution >= 0.6 is 9.90 Å². The van der Waals surface area contributed by atoms with Gasteiger partial charge in [-0.2, -0.15) is 9.90 Å². The van der Waals surface area contributed by atoms with E-state index in [-0.39, 0.29) is 9.90 Å². The number of rotatable bonds is 0. The lowest BCUT2D eigenvalue weighted by Crippen LogP contribution is -1.67. The molecule has 0 N–H and O–H groups in total. The topological polar surface area (TPSA) is 12.4 Å². The minimum atomic E-state index is 0. The van der Waals surface area contributed by atoms with Crippen LogP contribution in [0.5, 0.6) is 0 Å². The molecule has 2 heteroatoms. The summed E-state index contributed by atoms with van der Waals surface area (Å²) in [5.41, 5.74) is 0. The summed E-state index contributed by atoms with van der Waals surface area (Å²) in [6, 6.07) is 0. The Hall–Kier alpha value is -0.160. The highest BCUT2D eigenvalue weighted by Gasteiger charge is 1.66. The molecule has 28 valence electrons. The summed E-state index contributed by atoms with van der Waals surface area (Å²) in [5.74, 6) is 0. The van der Waals surface area contributed by atoms with Crippen molar-refractivity contribution in [1.29, 1.82) is 0 Å². The van der Waals surface area contributed by atoms with Crippen LogP contribution in [0.25, 0.3) is 0 Å². The largest absolute Gasteiger partial charge is 0.265 e. The summed E-state index contributed by atoms with van der Waals surface area (Å²) in [6.45, 7) is 0. The van der Waals surface area contributed by atoms with Crippen LogP contribution in [0.3, 0.4) is 0 Å². The number of aliphatic imine (C=N–C) groups is 1. The van der Waals surface area contributed by atoms with Crippen LogP contribution in [0.2, 0.25) is 0 Å². The predicted molar refractivity (Wildman–Crippen MR) is 28.7 cm³/mol. The fourth-order valence-corrected chi connectivity index (χ4v) is 0.0861. The lowest BCUT2D eigenvalue weighted by molar-refractivity contribution is 1.55. The zero-order chi connectivity index (χ0) is 2.83. The molecular formula is C3H6NP. The van der Waals surface area contributed by atoms with Gasteiger partial charge in [0.05, 0.1) is 0 Å². The van der Waals surface area contributed by atoms with Crippen LogP contribution in [-0.4, -0.2) is 6.21 Å². The van der Waals surface area contributed by atoms with Gasteiger partial charge in [0.25, 0.3) is 0 Å². The molecule has 0 radical (unpaired) electrons. The van der Waals surface area contributed by atoms with Gasteiger partial charge < -0.3 is 0 Å². The van der Waals surface area contributed by atoms with Crippen LogP contribution in [0, 0.1) is 0 Å². The van der Waals surface area contributed by atoms with Crippen molar-refractivity contribution in [2.45, 2.75) is 0 Å². The molecule has 1 aliphatic heterocycles. The summed E-state index contributed by atoms with van der Waals surface area (Å²) >= 11 is 0. The maximum absolute atomic E-state index is 3.61. The van der Waals surface area contributed by atoms with E-state index in [9.17, 15) is 0 Å². The molecule has 0 aromatic carbocycles. The molecule has 0 saturated carbocycles. The molecule has 1 aliphatic rings. The SMILES string of the molecule is C1=CN=C1.P. The molecular weight excluding hydrogens is 81.0 g/mol. The lowest BCUT2D eigenvalue weighted by atomic mass is 10.6. The van der Waals surface area contributed by atoms with E-state index in [1.165, 1.54) is 0 Å². The van der Waals surface area contributed by atoms with Crippen molar-refractivity contribution in [1.82, 2.24) is 0 Å². The van der Waals surface area contributed by atoms with Gasteiger partial charge in [-0.15, -0.1) is 0 Å². The van der Waals surface area contributed by atoms with E-state index in [1.54, 1.807) is 12.4 Å². The second-order valence-electron chi connectivity index (χ2n) is 0.640. The van der Waals surface area contributed by atoms with Gasteiger partial charge in [0, 0.05) is 12.4 Å². The first kappa shape index (κ1) is 4.84. The molecule has 1 atom stereocenters. The van der Waals surface area contributed by atoms with Gasteiger partial charge in [-0.05, 0) is 6.08 Å². The number of allylic oxidation sites excluding steroid dienone is 1. The Morgan fingerprint density at radius 2 is 1.60 bits per heavy atom. The maximum Gasteiger partial charge on any atom is 0.0283 e. The normalized spacial score (nSPS) is 12.8. The Morgan fingerprint density at radius 3 is 1.60 bits per heavy atom. The zero-order valence-electron chi connectivity index (χ0n) is 2.89. The van der Waals surface area contributed by atoms with E-state index in [1.807, 2.05) is 6.08 Å². The van der Waals surface area contributed by atoms with E-state index in [0.717, 1.165) is 0 Å². The average molecular weight is 87.1 g/mol.